The van der Waals surface area contributed by atoms with E-state index in [-0.39, 0.29) is 0 Å². The van der Waals surface area contributed by atoms with E-state index in [2.05, 4.69) is 63.5 Å². The standard InChI is InChI=1S/C19H20N4O/c1-14-2-3-15-13-20-19(22-18(15)12-14)21-16-4-6-17(7-5-16)23-8-10-24-11-9-23/h2-7,12-13H,8-11H2,1H3,(H,20,21,22). The van der Waals surface area contributed by atoms with Crippen LogP contribution in [0.5, 0.6) is 0 Å². The van der Waals surface area contributed by atoms with E-state index in [9.17, 15) is 0 Å². The Kier molecular flexibility index (Phi) is 4.01. The zero-order valence-corrected chi connectivity index (χ0v) is 13.7. The molecule has 0 bridgehead atoms. The second kappa shape index (κ2) is 6.45. The Morgan fingerprint density at radius 3 is 2.62 bits per heavy atom. The molecule has 0 amide bonds. The molecule has 0 radical (unpaired) electrons. The van der Waals surface area contributed by atoms with E-state index in [1.807, 2.05) is 12.3 Å². The summed E-state index contributed by atoms with van der Waals surface area (Å²) in [5.74, 6) is 0.618. The van der Waals surface area contributed by atoms with Gasteiger partial charge in [0.05, 0.1) is 18.7 Å². The number of aryl methyl sites for hydroxylation is 1. The molecule has 0 atom stereocenters. The van der Waals surface area contributed by atoms with E-state index < -0.39 is 0 Å². The number of aromatic nitrogens is 2. The van der Waals surface area contributed by atoms with Crippen molar-refractivity contribution in [3.05, 3.63) is 54.2 Å². The van der Waals surface area contributed by atoms with Gasteiger partial charge >= 0.3 is 0 Å². The molecule has 2 heterocycles. The van der Waals surface area contributed by atoms with E-state index in [1.165, 1.54) is 11.3 Å². The van der Waals surface area contributed by atoms with Gasteiger partial charge in [0.15, 0.2) is 0 Å². The fraction of sp³-hybridized carbons (Fsp3) is 0.263. The third-order valence-electron chi connectivity index (χ3n) is 4.24. The van der Waals surface area contributed by atoms with Crippen molar-refractivity contribution in [3.8, 4) is 0 Å². The number of hydrogen-bond donors (Lipinski definition) is 1. The lowest BCUT2D eigenvalue weighted by Gasteiger charge is -2.28. The summed E-state index contributed by atoms with van der Waals surface area (Å²) in [6.45, 7) is 5.55. The minimum atomic E-state index is 0.618. The van der Waals surface area contributed by atoms with Crippen molar-refractivity contribution < 1.29 is 4.74 Å². The molecule has 1 fully saturated rings. The Morgan fingerprint density at radius 2 is 1.83 bits per heavy atom. The zero-order valence-electron chi connectivity index (χ0n) is 13.7. The summed E-state index contributed by atoms with van der Waals surface area (Å²) in [4.78, 5) is 11.3. The molecule has 4 rings (SSSR count). The van der Waals surface area contributed by atoms with Crippen LogP contribution in [0, 0.1) is 6.92 Å². The fourth-order valence-electron chi connectivity index (χ4n) is 2.90. The number of fused-ring (bicyclic) bond motifs is 1. The number of ether oxygens (including phenoxy) is 1. The average Bonchev–Trinajstić information content (AvgIpc) is 2.63. The SMILES string of the molecule is Cc1ccc2cnc(Nc3ccc(N4CCOCC4)cc3)nc2c1. The molecule has 0 spiro atoms. The van der Waals surface area contributed by atoms with Crippen LogP contribution in [0.25, 0.3) is 10.9 Å². The lowest BCUT2D eigenvalue weighted by atomic mass is 10.2. The van der Waals surface area contributed by atoms with Crippen molar-refractivity contribution in [2.45, 2.75) is 6.92 Å². The van der Waals surface area contributed by atoms with E-state index in [0.717, 1.165) is 42.9 Å². The van der Waals surface area contributed by atoms with Gasteiger partial charge in [-0.05, 0) is 42.8 Å². The predicted octanol–water partition coefficient (Wildman–Crippen LogP) is 3.52. The minimum absolute atomic E-state index is 0.618. The highest BCUT2D eigenvalue weighted by Crippen LogP contribution is 2.21. The summed E-state index contributed by atoms with van der Waals surface area (Å²) in [6.07, 6.45) is 1.85. The summed E-state index contributed by atoms with van der Waals surface area (Å²) in [7, 11) is 0. The maximum atomic E-state index is 5.40. The average molecular weight is 320 g/mol. The van der Waals surface area contributed by atoms with Gasteiger partial charge in [-0.2, -0.15) is 0 Å². The van der Waals surface area contributed by atoms with Gasteiger partial charge in [-0.15, -0.1) is 0 Å². The van der Waals surface area contributed by atoms with Crippen molar-refractivity contribution in [2.75, 3.05) is 36.5 Å². The zero-order chi connectivity index (χ0) is 16.4. The van der Waals surface area contributed by atoms with Crippen LogP contribution < -0.4 is 10.2 Å². The van der Waals surface area contributed by atoms with Crippen LogP contribution in [0.3, 0.4) is 0 Å². The van der Waals surface area contributed by atoms with Crippen molar-refractivity contribution in [1.29, 1.82) is 0 Å². The van der Waals surface area contributed by atoms with Crippen LogP contribution in [0.1, 0.15) is 5.56 Å². The molecule has 1 aliphatic rings. The third kappa shape index (κ3) is 3.16. The van der Waals surface area contributed by atoms with Gasteiger partial charge in [0.2, 0.25) is 5.95 Å². The first kappa shape index (κ1) is 14.9. The van der Waals surface area contributed by atoms with Crippen LogP contribution in [-0.4, -0.2) is 36.3 Å². The first-order valence-electron chi connectivity index (χ1n) is 8.21. The summed E-state index contributed by atoms with van der Waals surface area (Å²) in [5.41, 5.74) is 4.36. The number of morpholine rings is 1. The lowest BCUT2D eigenvalue weighted by Crippen LogP contribution is -2.36. The van der Waals surface area contributed by atoms with Crippen LogP contribution >= 0.6 is 0 Å². The number of rotatable bonds is 3. The maximum Gasteiger partial charge on any atom is 0.227 e. The summed E-state index contributed by atoms with van der Waals surface area (Å²) in [6, 6.07) is 14.6. The van der Waals surface area contributed by atoms with Gasteiger partial charge in [0.1, 0.15) is 0 Å². The quantitative estimate of drug-likeness (QED) is 0.800. The molecule has 24 heavy (non-hydrogen) atoms. The normalized spacial score (nSPS) is 14.8. The molecule has 1 saturated heterocycles. The van der Waals surface area contributed by atoms with Gasteiger partial charge < -0.3 is 15.0 Å². The van der Waals surface area contributed by atoms with Crippen molar-refractivity contribution in [3.63, 3.8) is 0 Å². The van der Waals surface area contributed by atoms with E-state index in [0.29, 0.717) is 5.95 Å². The molecule has 1 aromatic heterocycles. The molecule has 0 saturated carbocycles. The molecule has 122 valence electrons. The highest BCUT2D eigenvalue weighted by molar-refractivity contribution is 5.79. The Hall–Kier alpha value is -2.66. The van der Waals surface area contributed by atoms with Gasteiger partial charge in [0.25, 0.3) is 0 Å². The monoisotopic (exact) mass is 320 g/mol. The molecule has 1 aliphatic heterocycles. The molecule has 3 aromatic rings. The summed E-state index contributed by atoms with van der Waals surface area (Å²) < 4.78 is 5.40. The smallest absolute Gasteiger partial charge is 0.227 e. The summed E-state index contributed by atoms with van der Waals surface area (Å²) >= 11 is 0. The molecule has 0 aliphatic carbocycles. The van der Waals surface area contributed by atoms with Gasteiger partial charge in [-0.1, -0.05) is 12.1 Å². The van der Waals surface area contributed by atoms with Gasteiger partial charge in [-0.3, -0.25) is 0 Å². The number of hydrogen-bond acceptors (Lipinski definition) is 5. The molecular weight excluding hydrogens is 300 g/mol. The second-order valence-electron chi connectivity index (χ2n) is 6.03. The largest absolute Gasteiger partial charge is 0.378 e. The predicted molar refractivity (Wildman–Crippen MR) is 97.0 cm³/mol. The number of nitrogens with one attached hydrogen (secondary N) is 1. The topological polar surface area (TPSA) is 50.3 Å². The molecule has 5 heteroatoms. The Balaban J connectivity index is 1.52. The number of nitrogens with zero attached hydrogens (tertiary/aromatic N) is 3. The van der Waals surface area contributed by atoms with Crippen LogP contribution in [-0.2, 0) is 4.74 Å². The lowest BCUT2D eigenvalue weighted by molar-refractivity contribution is 0.122. The second-order valence-corrected chi connectivity index (χ2v) is 6.03. The van der Waals surface area contributed by atoms with Gasteiger partial charge in [0, 0.05) is 36.0 Å². The Bertz CT molecular complexity index is 842. The third-order valence-corrected chi connectivity index (χ3v) is 4.24. The maximum absolute atomic E-state index is 5.40. The van der Waals surface area contributed by atoms with Gasteiger partial charge in [-0.25, -0.2) is 9.97 Å². The molecule has 0 unspecified atom stereocenters. The Labute approximate surface area is 141 Å². The van der Waals surface area contributed by atoms with Crippen molar-refractivity contribution in [2.24, 2.45) is 0 Å². The first-order valence-corrected chi connectivity index (χ1v) is 8.21. The highest BCUT2D eigenvalue weighted by Gasteiger charge is 2.10. The summed E-state index contributed by atoms with van der Waals surface area (Å²) in [5, 5.41) is 4.33. The van der Waals surface area contributed by atoms with E-state index in [1.54, 1.807) is 0 Å². The van der Waals surface area contributed by atoms with Crippen LogP contribution in [0.4, 0.5) is 17.3 Å². The Morgan fingerprint density at radius 1 is 1.04 bits per heavy atom. The first-order chi connectivity index (χ1) is 11.8. The van der Waals surface area contributed by atoms with E-state index >= 15 is 0 Å². The van der Waals surface area contributed by atoms with E-state index in [4.69, 9.17) is 4.74 Å². The van der Waals surface area contributed by atoms with Crippen molar-refractivity contribution in [1.82, 2.24) is 9.97 Å². The highest BCUT2D eigenvalue weighted by atomic mass is 16.5. The fourth-order valence-corrected chi connectivity index (χ4v) is 2.90. The molecule has 5 nitrogen and oxygen atoms in total. The van der Waals surface area contributed by atoms with Crippen LogP contribution in [0.2, 0.25) is 0 Å². The molecular formula is C19H20N4O. The molecule has 2 aromatic carbocycles. The number of anilines is 3. The number of benzene rings is 2. The molecule has 1 N–H and O–H groups in total. The van der Waals surface area contributed by atoms with Crippen molar-refractivity contribution >= 4 is 28.2 Å². The van der Waals surface area contributed by atoms with Crippen LogP contribution in [0.15, 0.2) is 48.7 Å². The minimum Gasteiger partial charge on any atom is -0.378 e.